The fraction of sp³-hybridized carbons (Fsp3) is 0.333. The van der Waals surface area contributed by atoms with Crippen LogP contribution >= 0.6 is 11.5 Å². The number of benzene rings is 1. The van der Waals surface area contributed by atoms with Crippen LogP contribution in [0.3, 0.4) is 0 Å². The van der Waals surface area contributed by atoms with E-state index in [0.29, 0.717) is 5.82 Å². The van der Waals surface area contributed by atoms with Gasteiger partial charge in [0.25, 0.3) is 5.19 Å². The molecule has 4 nitrogen and oxygen atoms in total. The highest BCUT2D eigenvalue weighted by atomic mass is 32.1. The summed E-state index contributed by atoms with van der Waals surface area (Å²) in [5.74, 6) is -1.16. The van der Waals surface area contributed by atoms with Gasteiger partial charge in [-0.25, -0.2) is 8.78 Å². The quantitative estimate of drug-likeness (QED) is 0.858. The highest BCUT2D eigenvalue weighted by Crippen LogP contribution is 2.30. The summed E-state index contributed by atoms with van der Waals surface area (Å²) < 4.78 is 36.1. The van der Waals surface area contributed by atoms with Gasteiger partial charge in [0.15, 0.2) is 17.4 Å². The largest absolute Gasteiger partial charge is 0.427 e. The van der Waals surface area contributed by atoms with Crippen molar-refractivity contribution in [3.8, 4) is 10.9 Å². The van der Waals surface area contributed by atoms with E-state index in [4.69, 9.17) is 10.5 Å². The summed E-state index contributed by atoms with van der Waals surface area (Å²) in [5, 5.41) is 0.160. The molecule has 1 aromatic carbocycles. The van der Waals surface area contributed by atoms with Crippen molar-refractivity contribution < 1.29 is 13.5 Å². The smallest absolute Gasteiger partial charge is 0.298 e. The van der Waals surface area contributed by atoms with Crippen LogP contribution in [0, 0.1) is 11.6 Å². The van der Waals surface area contributed by atoms with Gasteiger partial charge in [0, 0.05) is 29.1 Å². The lowest BCUT2D eigenvalue weighted by Crippen LogP contribution is -2.12. The van der Waals surface area contributed by atoms with E-state index in [1.807, 2.05) is 20.8 Å². The van der Waals surface area contributed by atoms with Crippen molar-refractivity contribution in [2.45, 2.75) is 26.2 Å². The Kier molecular flexibility index (Phi) is 3.40. The molecule has 0 saturated carbocycles. The van der Waals surface area contributed by atoms with Crippen molar-refractivity contribution in [1.29, 1.82) is 0 Å². The maximum Gasteiger partial charge on any atom is 0.298 e. The van der Waals surface area contributed by atoms with E-state index in [1.165, 1.54) is 0 Å². The molecule has 0 unspecified atom stereocenters. The Morgan fingerprint density at radius 2 is 1.89 bits per heavy atom. The van der Waals surface area contributed by atoms with E-state index in [9.17, 15) is 8.78 Å². The molecule has 0 fully saturated rings. The first-order valence-corrected chi connectivity index (χ1v) is 6.31. The van der Waals surface area contributed by atoms with Crippen molar-refractivity contribution in [2.75, 3.05) is 5.73 Å². The molecule has 1 heterocycles. The Morgan fingerprint density at radius 3 is 2.47 bits per heavy atom. The number of halogens is 2. The zero-order valence-corrected chi connectivity index (χ0v) is 11.5. The lowest BCUT2D eigenvalue weighted by atomic mass is 9.96. The molecule has 0 aliphatic rings. The third-order valence-electron chi connectivity index (χ3n) is 2.33. The Bertz CT molecular complexity index is 608. The molecule has 1 aromatic heterocycles. The molecular weight excluding hydrogens is 272 g/mol. The molecule has 2 aromatic rings. The first-order valence-electron chi connectivity index (χ1n) is 5.54. The Balaban J connectivity index is 2.27. The van der Waals surface area contributed by atoms with Crippen molar-refractivity contribution in [3.63, 3.8) is 0 Å². The highest BCUT2D eigenvalue weighted by molar-refractivity contribution is 7.07. The molecule has 2 rings (SSSR count). The van der Waals surface area contributed by atoms with Crippen LogP contribution in [-0.2, 0) is 5.41 Å². The molecule has 0 bridgehead atoms. The molecule has 19 heavy (non-hydrogen) atoms. The first-order chi connectivity index (χ1) is 8.77. The SMILES string of the molecule is CC(C)(C)c1nsc(Oc2cc(F)c(N)cc2F)n1. The maximum absolute atomic E-state index is 13.5. The van der Waals surface area contributed by atoms with Gasteiger partial charge >= 0.3 is 0 Å². The molecule has 2 N–H and O–H groups in total. The van der Waals surface area contributed by atoms with Gasteiger partial charge in [-0.1, -0.05) is 20.8 Å². The van der Waals surface area contributed by atoms with Crippen LogP contribution in [-0.4, -0.2) is 9.36 Å². The topological polar surface area (TPSA) is 61.0 Å². The number of nitrogens with zero attached hydrogens (tertiary/aromatic N) is 2. The second-order valence-corrected chi connectivity index (χ2v) is 5.75. The Labute approximate surface area is 113 Å². The van der Waals surface area contributed by atoms with Crippen molar-refractivity contribution >= 4 is 17.2 Å². The van der Waals surface area contributed by atoms with E-state index < -0.39 is 11.6 Å². The van der Waals surface area contributed by atoms with Crippen LogP contribution in [0.15, 0.2) is 12.1 Å². The van der Waals surface area contributed by atoms with Gasteiger partial charge in [0.1, 0.15) is 5.82 Å². The number of hydrogen-bond donors (Lipinski definition) is 1. The normalized spacial score (nSPS) is 11.6. The zero-order chi connectivity index (χ0) is 14.2. The van der Waals surface area contributed by atoms with Crippen molar-refractivity contribution in [2.24, 2.45) is 0 Å². The van der Waals surface area contributed by atoms with E-state index in [2.05, 4.69) is 9.36 Å². The van der Waals surface area contributed by atoms with Gasteiger partial charge in [-0.15, -0.1) is 0 Å². The molecule has 0 radical (unpaired) electrons. The van der Waals surface area contributed by atoms with Crippen LogP contribution in [0.5, 0.6) is 10.9 Å². The standard InChI is InChI=1S/C12H13F2N3OS/c1-12(2,3)10-16-11(19-17-10)18-9-5-6(13)8(15)4-7(9)14/h4-5H,15H2,1-3H3. The molecule has 0 amide bonds. The fourth-order valence-electron chi connectivity index (χ4n) is 1.27. The van der Waals surface area contributed by atoms with Crippen LogP contribution in [0.1, 0.15) is 26.6 Å². The molecule has 0 spiro atoms. The van der Waals surface area contributed by atoms with Gasteiger partial charge < -0.3 is 10.5 Å². The van der Waals surface area contributed by atoms with Crippen LogP contribution in [0.2, 0.25) is 0 Å². The number of anilines is 1. The fourth-order valence-corrected chi connectivity index (χ4v) is 2.01. The minimum atomic E-state index is -0.744. The second-order valence-electron chi connectivity index (χ2n) is 5.04. The molecule has 102 valence electrons. The lowest BCUT2D eigenvalue weighted by Gasteiger charge is -2.12. The number of nitrogen functional groups attached to an aromatic ring is 1. The average Bonchev–Trinajstić information content (AvgIpc) is 2.74. The molecule has 0 aliphatic heterocycles. The summed E-state index contributed by atoms with van der Waals surface area (Å²) in [5.41, 5.74) is 4.75. The molecule has 0 saturated heterocycles. The van der Waals surface area contributed by atoms with Crippen molar-refractivity contribution in [3.05, 3.63) is 29.6 Å². The maximum atomic E-state index is 13.5. The van der Waals surface area contributed by atoms with Gasteiger partial charge in [-0.05, 0) is 0 Å². The predicted molar refractivity (Wildman–Crippen MR) is 69.5 cm³/mol. The summed E-state index contributed by atoms with van der Waals surface area (Å²) in [6, 6.07) is 1.76. The summed E-state index contributed by atoms with van der Waals surface area (Å²) in [7, 11) is 0. The summed E-state index contributed by atoms with van der Waals surface area (Å²) in [4.78, 5) is 4.13. The number of aromatic nitrogens is 2. The number of ether oxygens (including phenoxy) is 1. The Hall–Kier alpha value is -1.76. The van der Waals surface area contributed by atoms with Gasteiger partial charge in [0.05, 0.1) is 5.69 Å². The van der Waals surface area contributed by atoms with Crippen LogP contribution in [0.4, 0.5) is 14.5 Å². The van der Waals surface area contributed by atoms with Gasteiger partial charge in [0.2, 0.25) is 0 Å². The number of rotatable bonds is 2. The van der Waals surface area contributed by atoms with Crippen molar-refractivity contribution in [1.82, 2.24) is 9.36 Å². The van der Waals surface area contributed by atoms with Gasteiger partial charge in [-0.2, -0.15) is 9.36 Å². The summed E-state index contributed by atoms with van der Waals surface area (Å²) in [6.45, 7) is 5.84. The summed E-state index contributed by atoms with van der Waals surface area (Å²) >= 11 is 0.986. The van der Waals surface area contributed by atoms with Crippen LogP contribution in [0.25, 0.3) is 0 Å². The Morgan fingerprint density at radius 1 is 1.21 bits per heavy atom. The molecule has 7 heteroatoms. The van der Waals surface area contributed by atoms with E-state index in [0.717, 1.165) is 23.7 Å². The minimum absolute atomic E-state index is 0.160. The zero-order valence-electron chi connectivity index (χ0n) is 10.7. The number of nitrogens with two attached hydrogens (primary N) is 1. The molecule has 0 atom stereocenters. The average molecular weight is 285 g/mol. The second kappa shape index (κ2) is 4.73. The monoisotopic (exact) mass is 285 g/mol. The molecular formula is C12H13F2N3OS. The van der Waals surface area contributed by atoms with Crippen LogP contribution < -0.4 is 10.5 Å². The third-order valence-corrected chi connectivity index (χ3v) is 2.92. The van der Waals surface area contributed by atoms with E-state index in [-0.39, 0.29) is 22.0 Å². The third kappa shape index (κ3) is 2.98. The van der Waals surface area contributed by atoms with Gasteiger partial charge in [-0.3, -0.25) is 0 Å². The first kappa shape index (κ1) is 13.7. The van der Waals surface area contributed by atoms with E-state index in [1.54, 1.807) is 0 Å². The van der Waals surface area contributed by atoms with E-state index >= 15 is 0 Å². The minimum Gasteiger partial charge on any atom is -0.427 e. The highest BCUT2D eigenvalue weighted by Gasteiger charge is 2.21. The lowest BCUT2D eigenvalue weighted by molar-refractivity contribution is 0.429. The predicted octanol–water partition coefficient (Wildman–Crippen LogP) is 3.49. The number of hydrogen-bond acceptors (Lipinski definition) is 5. The molecule has 0 aliphatic carbocycles. The summed E-state index contributed by atoms with van der Waals surface area (Å²) in [6.07, 6.45) is 0.